The van der Waals surface area contributed by atoms with Gasteiger partial charge in [0.25, 0.3) is 0 Å². The molecule has 1 atom stereocenters. The van der Waals surface area contributed by atoms with Crippen LogP contribution in [0.1, 0.15) is 0 Å². The van der Waals surface area contributed by atoms with E-state index in [-0.39, 0.29) is 35.7 Å². The van der Waals surface area contributed by atoms with Crippen molar-refractivity contribution in [2.45, 2.75) is 6.04 Å². The van der Waals surface area contributed by atoms with Crippen molar-refractivity contribution >= 4 is 40.8 Å². The summed E-state index contributed by atoms with van der Waals surface area (Å²) < 4.78 is 4.46. The van der Waals surface area contributed by atoms with E-state index in [1.165, 1.54) is 12.1 Å². The van der Waals surface area contributed by atoms with Gasteiger partial charge in [-0.15, -0.1) is 12.4 Å². The van der Waals surface area contributed by atoms with Crippen molar-refractivity contribution in [1.82, 2.24) is 10.3 Å². The summed E-state index contributed by atoms with van der Waals surface area (Å²) in [7, 11) is 0. The normalized spacial score (nSPS) is 11.7. The molecule has 0 unspecified atom stereocenters. The van der Waals surface area contributed by atoms with Crippen LogP contribution >= 0.6 is 12.4 Å². The summed E-state index contributed by atoms with van der Waals surface area (Å²) in [6.07, 6.45) is 0. The van der Waals surface area contributed by atoms with Gasteiger partial charge in [0.15, 0.2) is 5.52 Å². The van der Waals surface area contributed by atoms with Crippen LogP contribution in [0.4, 0.5) is 11.4 Å². The summed E-state index contributed by atoms with van der Waals surface area (Å²) in [5, 5.41) is 29.1. The van der Waals surface area contributed by atoms with E-state index in [1.807, 2.05) is 0 Å². The van der Waals surface area contributed by atoms with E-state index in [0.717, 1.165) is 0 Å². The summed E-state index contributed by atoms with van der Waals surface area (Å²) in [6.45, 7) is -0.0604. The van der Waals surface area contributed by atoms with Gasteiger partial charge in [-0.05, 0) is 16.4 Å². The van der Waals surface area contributed by atoms with Gasteiger partial charge in [0.2, 0.25) is 5.52 Å². The number of hydrogen-bond donors (Lipinski definition) is 3. The molecule has 0 aliphatic carbocycles. The fourth-order valence-electron chi connectivity index (χ4n) is 1.45. The van der Waals surface area contributed by atoms with E-state index in [0.29, 0.717) is 5.69 Å². The van der Waals surface area contributed by atoms with Crippen molar-refractivity contribution in [2.75, 3.05) is 11.9 Å². The van der Waals surface area contributed by atoms with Gasteiger partial charge in [-0.3, -0.25) is 14.9 Å². The number of non-ortho nitro benzene ring substituents is 1. The smallest absolute Gasteiger partial charge is 0.322 e. The van der Waals surface area contributed by atoms with Crippen LogP contribution in [0.15, 0.2) is 16.8 Å². The Morgan fingerprint density at radius 3 is 2.75 bits per heavy atom. The Morgan fingerprint density at radius 2 is 2.15 bits per heavy atom. The first-order chi connectivity index (χ1) is 9.00. The number of rotatable bonds is 5. The van der Waals surface area contributed by atoms with E-state index in [2.05, 4.69) is 20.3 Å². The highest BCUT2D eigenvalue weighted by Gasteiger charge is 2.20. The molecule has 0 amide bonds. The predicted octanol–water partition coefficient (Wildman–Crippen LogP) is 0.377. The fourth-order valence-corrected chi connectivity index (χ4v) is 1.45. The molecule has 11 heteroatoms. The van der Waals surface area contributed by atoms with Gasteiger partial charge in [-0.25, -0.2) is 4.63 Å². The maximum Gasteiger partial charge on any atom is 0.322 e. The van der Waals surface area contributed by atoms with Crippen LogP contribution in [0.2, 0.25) is 0 Å². The number of nitro groups is 1. The largest absolute Gasteiger partial charge is 0.480 e. The van der Waals surface area contributed by atoms with Gasteiger partial charge in [0.05, 0.1) is 10.6 Å². The SMILES string of the molecule is Cl.N[C@H](CNc1ccc([N+](=O)[O-])c2nonc12)C(=O)O. The van der Waals surface area contributed by atoms with Gasteiger partial charge >= 0.3 is 11.7 Å². The molecular weight excluding hydrogens is 294 g/mol. The topological polar surface area (TPSA) is 157 Å². The van der Waals surface area contributed by atoms with Crippen molar-refractivity contribution in [3.8, 4) is 0 Å². The van der Waals surface area contributed by atoms with Gasteiger partial charge in [-0.1, -0.05) is 0 Å². The third-order valence-corrected chi connectivity index (χ3v) is 2.42. The second-order valence-corrected chi connectivity index (χ2v) is 3.68. The van der Waals surface area contributed by atoms with E-state index in [1.54, 1.807) is 0 Å². The van der Waals surface area contributed by atoms with Crippen LogP contribution in [-0.2, 0) is 4.79 Å². The lowest BCUT2D eigenvalue weighted by Gasteiger charge is -2.09. The van der Waals surface area contributed by atoms with Crippen molar-refractivity contribution in [1.29, 1.82) is 0 Å². The quantitative estimate of drug-likeness (QED) is 0.524. The maximum atomic E-state index is 10.8. The molecule has 0 aliphatic heterocycles. The zero-order valence-corrected chi connectivity index (χ0v) is 10.7. The predicted molar refractivity (Wildman–Crippen MR) is 69.8 cm³/mol. The van der Waals surface area contributed by atoms with E-state index < -0.39 is 16.9 Å². The molecule has 10 nitrogen and oxygen atoms in total. The van der Waals surface area contributed by atoms with Crippen molar-refractivity contribution in [2.24, 2.45) is 5.73 Å². The van der Waals surface area contributed by atoms with E-state index in [9.17, 15) is 14.9 Å². The first-order valence-corrected chi connectivity index (χ1v) is 5.12. The Bertz CT molecular complexity index is 645. The number of fused-ring (bicyclic) bond motifs is 1. The Balaban J connectivity index is 0.00000200. The first-order valence-electron chi connectivity index (χ1n) is 5.12. The third kappa shape index (κ3) is 2.92. The molecule has 0 aliphatic rings. The molecule has 1 aromatic carbocycles. The zero-order chi connectivity index (χ0) is 14.0. The highest BCUT2D eigenvalue weighted by molar-refractivity contribution is 5.93. The molecule has 1 heterocycles. The van der Waals surface area contributed by atoms with Gasteiger partial charge < -0.3 is 16.2 Å². The number of halogens is 1. The maximum absolute atomic E-state index is 10.8. The molecule has 4 N–H and O–H groups in total. The van der Waals surface area contributed by atoms with Crippen molar-refractivity contribution in [3.05, 3.63) is 22.2 Å². The van der Waals surface area contributed by atoms with Crippen LogP contribution in [0.25, 0.3) is 11.0 Å². The number of nitrogens with zero attached hydrogens (tertiary/aromatic N) is 3. The molecule has 108 valence electrons. The van der Waals surface area contributed by atoms with Crippen LogP contribution in [0, 0.1) is 10.1 Å². The summed E-state index contributed by atoms with van der Waals surface area (Å²) in [6, 6.07) is 1.51. The van der Waals surface area contributed by atoms with Gasteiger partial charge in [0, 0.05) is 12.6 Å². The molecule has 2 aromatic rings. The lowest BCUT2D eigenvalue weighted by Crippen LogP contribution is -2.36. The number of carbonyl (C=O) groups is 1. The Kier molecular flexibility index (Phi) is 4.78. The monoisotopic (exact) mass is 303 g/mol. The fraction of sp³-hybridized carbons (Fsp3) is 0.222. The number of benzene rings is 1. The van der Waals surface area contributed by atoms with Crippen LogP contribution < -0.4 is 11.1 Å². The van der Waals surface area contributed by atoms with Crippen LogP contribution in [-0.4, -0.2) is 38.9 Å². The van der Waals surface area contributed by atoms with Crippen molar-refractivity contribution in [3.63, 3.8) is 0 Å². The number of aliphatic carboxylic acids is 1. The number of nitrogens with one attached hydrogen (secondary N) is 1. The minimum Gasteiger partial charge on any atom is -0.480 e. The number of nitrogens with two attached hydrogens (primary N) is 1. The number of anilines is 1. The number of hydrogen-bond acceptors (Lipinski definition) is 8. The lowest BCUT2D eigenvalue weighted by molar-refractivity contribution is -0.383. The summed E-state index contributed by atoms with van der Waals surface area (Å²) in [5.74, 6) is -1.16. The number of aromatic nitrogens is 2. The Hall–Kier alpha value is -2.46. The second kappa shape index (κ2) is 6.12. The average Bonchev–Trinajstić information content (AvgIpc) is 2.83. The average molecular weight is 304 g/mol. The zero-order valence-electron chi connectivity index (χ0n) is 9.85. The standard InChI is InChI=1S/C9H9N5O5.ClH/c10-4(9(15)16)3-11-5-1-2-6(14(17)18)8-7(5)12-19-13-8;/h1-2,4,11H,3,10H2,(H,15,16);1H/t4-;/m1./s1. The molecule has 0 fully saturated rings. The summed E-state index contributed by atoms with van der Waals surface area (Å²) in [5.41, 5.74) is 5.58. The molecule has 0 spiro atoms. The van der Waals surface area contributed by atoms with Crippen molar-refractivity contribution < 1.29 is 19.5 Å². The minimum atomic E-state index is -1.16. The number of carboxylic acids is 1. The summed E-state index contributed by atoms with van der Waals surface area (Å²) >= 11 is 0. The van der Waals surface area contributed by atoms with Gasteiger partial charge in [-0.2, -0.15) is 0 Å². The molecule has 0 radical (unpaired) electrons. The molecule has 2 rings (SSSR count). The highest BCUT2D eigenvalue weighted by Crippen LogP contribution is 2.28. The lowest BCUT2D eigenvalue weighted by atomic mass is 10.2. The van der Waals surface area contributed by atoms with Crippen LogP contribution in [0.5, 0.6) is 0 Å². The Labute approximate surface area is 117 Å². The minimum absolute atomic E-state index is 0. The van der Waals surface area contributed by atoms with Gasteiger partial charge in [0.1, 0.15) is 6.04 Å². The molecule has 0 saturated carbocycles. The van der Waals surface area contributed by atoms with E-state index in [4.69, 9.17) is 10.8 Å². The number of nitro benzene ring substituents is 1. The number of carboxylic acid groups (broad SMARTS) is 1. The molecule has 0 bridgehead atoms. The second-order valence-electron chi connectivity index (χ2n) is 3.68. The summed E-state index contributed by atoms with van der Waals surface area (Å²) in [4.78, 5) is 20.7. The van der Waals surface area contributed by atoms with E-state index >= 15 is 0 Å². The highest BCUT2D eigenvalue weighted by atomic mass is 35.5. The molecular formula is C9H10ClN5O5. The third-order valence-electron chi connectivity index (χ3n) is 2.42. The Morgan fingerprint density at radius 1 is 1.50 bits per heavy atom. The molecule has 0 saturated heterocycles. The first kappa shape index (κ1) is 15.6. The molecule has 20 heavy (non-hydrogen) atoms. The molecule has 1 aromatic heterocycles. The van der Waals surface area contributed by atoms with Crippen LogP contribution in [0.3, 0.4) is 0 Å².